The quantitative estimate of drug-likeness (QED) is 0.630. The number of nitrogen functional groups attached to an aromatic ring is 1. The Balaban J connectivity index is 2.55. The van der Waals surface area contributed by atoms with Crippen LogP contribution in [-0.4, -0.2) is 24.0 Å². The van der Waals surface area contributed by atoms with Gasteiger partial charge in [0.05, 0.1) is 5.56 Å². The van der Waals surface area contributed by atoms with E-state index in [0.717, 1.165) is 11.5 Å². The lowest BCUT2D eigenvalue weighted by molar-refractivity contribution is 0.0957. The number of halogens is 1. The first-order valence-electron chi connectivity index (χ1n) is 5.06. The van der Waals surface area contributed by atoms with E-state index in [-0.39, 0.29) is 5.91 Å². The fourth-order valence-electron chi connectivity index (χ4n) is 1.20. The molecule has 1 amide bonds. The highest BCUT2D eigenvalue weighted by molar-refractivity contribution is 7.99. The van der Waals surface area contributed by atoms with E-state index < -0.39 is 0 Å². The van der Waals surface area contributed by atoms with Crippen molar-refractivity contribution in [2.75, 3.05) is 23.8 Å². The van der Waals surface area contributed by atoms with Crippen molar-refractivity contribution in [2.24, 2.45) is 0 Å². The normalized spacial score (nSPS) is 10.1. The predicted molar refractivity (Wildman–Crippen MR) is 71.2 cm³/mol. The monoisotopic (exact) mass is 258 g/mol. The second kappa shape index (κ2) is 6.66. The number of carbonyl (C=O) groups excluding carboxylic acids is 1. The van der Waals surface area contributed by atoms with Crippen molar-refractivity contribution in [3.05, 3.63) is 28.8 Å². The van der Waals surface area contributed by atoms with Crippen LogP contribution in [0.1, 0.15) is 17.3 Å². The van der Waals surface area contributed by atoms with Crippen molar-refractivity contribution < 1.29 is 4.79 Å². The highest BCUT2D eigenvalue weighted by atomic mass is 35.5. The Labute approximate surface area is 105 Å². The van der Waals surface area contributed by atoms with Gasteiger partial charge in [0.2, 0.25) is 0 Å². The number of rotatable bonds is 5. The summed E-state index contributed by atoms with van der Waals surface area (Å²) in [4.78, 5) is 11.7. The van der Waals surface area contributed by atoms with Crippen LogP contribution in [0.15, 0.2) is 18.2 Å². The van der Waals surface area contributed by atoms with Crippen LogP contribution < -0.4 is 11.1 Å². The summed E-state index contributed by atoms with van der Waals surface area (Å²) in [5, 5.41) is 3.32. The second-order valence-electron chi connectivity index (χ2n) is 3.18. The maximum Gasteiger partial charge on any atom is 0.253 e. The average molecular weight is 259 g/mol. The van der Waals surface area contributed by atoms with Gasteiger partial charge in [0.15, 0.2) is 0 Å². The second-order valence-corrected chi connectivity index (χ2v) is 5.01. The van der Waals surface area contributed by atoms with Gasteiger partial charge in [-0.15, -0.1) is 0 Å². The van der Waals surface area contributed by atoms with Gasteiger partial charge in [-0.3, -0.25) is 4.79 Å². The number of anilines is 1. The van der Waals surface area contributed by atoms with Crippen LogP contribution >= 0.6 is 23.4 Å². The summed E-state index contributed by atoms with van der Waals surface area (Å²) >= 11 is 7.59. The van der Waals surface area contributed by atoms with Crippen molar-refractivity contribution in [3.63, 3.8) is 0 Å². The Kier molecular flexibility index (Phi) is 5.49. The van der Waals surface area contributed by atoms with E-state index in [9.17, 15) is 4.79 Å². The zero-order valence-corrected chi connectivity index (χ0v) is 10.7. The summed E-state index contributed by atoms with van der Waals surface area (Å²) in [6, 6.07) is 4.89. The topological polar surface area (TPSA) is 55.1 Å². The molecule has 0 unspecified atom stereocenters. The van der Waals surface area contributed by atoms with Gasteiger partial charge in [-0.05, 0) is 24.0 Å². The first-order valence-corrected chi connectivity index (χ1v) is 6.59. The minimum Gasteiger partial charge on any atom is -0.398 e. The van der Waals surface area contributed by atoms with Gasteiger partial charge in [-0.25, -0.2) is 0 Å². The van der Waals surface area contributed by atoms with Crippen LogP contribution in [0, 0.1) is 0 Å². The van der Waals surface area contributed by atoms with Crippen LogP contribution in [0.4, 0.5) is 5.69 Å². The smallest absolute Gasteiger partial charge is 0.253 e. The number of thioether (sulfide) groups is 1. The molecule has 1 aromatic rings. The van der Waals surface area contributed by atoms with E-state index in [4.69, 9.17) is 17.3 Å². The summed E-state index contributed by atoms with van der Waals surface area (Å²) in [6.45, 7) is 2.73. The lowest BCUT2D eigenvalue weighted by Crippen LogP contribution is -2.26. The predicted octanol–water partition coefficient (Wildman–Crippen LogP) is 2.41. The number of carbonyl (C=O) groups is 1. The van der Waals surface area contributed by atoms with E-state index in [1.54, 1.807) is 30.0 Å². The molecule has 0 aliphatic heterocycles. The number of amides is 1. The van der Waals surface area contributed by atoms with Gasteiger partial charge in [-0.1, -0.05) is 18.5 Å². The molecule has 5 heteroatoms. The molecule has 0 saturated heterocycles. The van der Waals surface area contributed by atoms with Gasteiger partial charge < -0.3 is 11.1 Å². The molecule has 0 fully saturated rings. The Morgan fingerprint density at radius 3 is 3.00 bits per heavy atom. The lowest BCUT2D eigenvalue weighted by atomic mass is 10.1. The SMILES string of the molecule is CCSCCNC(=O)c1cc(Cl)ccc1N. The Bertz CT molecular complexity index is 371. The molecule has 0 bridgehead atoms. The molecule has 0 heterocycles. The Morgan fingerprint density at radius 2 is 2.31 bits per heavy atom. The van der Waals surface area contributed by atoms with Crippen LogP contribution in [0.5, 0.6) is 0 Å². The van der Waals surface area contributed by atoms with E-state index >= 15 is 0 Å². The van der Waals surface area contributed by atoms with Gasteiger partial charge in [0.25, 0.3) is 5.91 Å². The number of nitrogens with two attached hydrogens (primary N) is 1. The maximum atomic E-state index is 11.7. The van der Waals surface area contributed by atoms with Crippen LogP contribution in [0.25, 0.3) is 0 Å². The number of hydrogen-bond acceptors (Lipinski definition) is 3. The third-order valence-electron chi connectivity index (χ3n) is 2.00. The summed E-state index contributed by atoms with van der Waals surface area (Å²) in [7, 11) is 0. The van der Waals surface area contributed by atoms with E-state index in [2.05, 4.69) is 12.2 Å². The van der Waals surface area contributed by atoms with Crippen molar-refractivity contribution in [1.82, 2.24) is 5.32 Å². The van der Waals surface area contributed by atoms with E-state index in [1.807, 2.05) is 0 Å². The average Bonchev–Trinajstić information content (AvgIpc) is 2.27. The summed E-state index contributed by atoms with van der Waals surface area (Å²) in [5.41, 5.74) is 6.58. The largest absolute Gasteiger partial charge is 0.398 e. The van der Waals surface area contributed by atoms with Crippen LogP contribution in [0.3, 0.4) is 0 Å². The van der Waals surface area contributed by atoms with Gasteiger partial charge in [0, 0.05) is 23.0 Å². The molecule has 0 spiro atoms. The molecule has 0 atom stereocenters. The van der Waals surface area contributed by atoms with Crippen molar-refractivity contribution >= 4 is 35.0 Å². The molecular weight excluding hydrogens is 244 g/mol. The molecule has 0 aliphatic carbocycles. The van der Waals surface area contributed by atoms with Crippen LogP contribution in [-0.2, 0) is 0 Å². The first kappa shape index (κ1) is 13.2. The molecule has 88 valence electrons. The third kappa shape index (κ3) is 3.94. The minimum atomic E-state index is -0.170. The molecular formula is C11H15ClN2OS. The van der Waals surface area contributed by atoms with Crippen molar-refractivity contribution in [1.29, 1.82) is 0 Å². The zero-order valence-electron chi connectivity index (χ0n) is 9.13. The molecule has 0 radical (unpaired) electrons. The summed E-state index contributed by atoms with van der Waals surface area (Å²) < 4.78 is 0. The highest BCUT2D eigenvalue weighted by Gasteiger charge is 2.09. The highest BCUT2D eigenvalue weighted by Crippen LogP contribution is 2.17. The number of benzene rings is 1. The summed E-state index contributed by atoms with van der Waals surface area (Å²) in [6.07, 6.45) is 0. The minimum absolute atomic E-state index is 0.170. The molecule has 3 N–H and O–H groups in total. The molecule has 1 aromatic carbocycles. The fourth-order valence-corrected chi connectivity index (χ4v) is 1.91. The van der Waals surface area contributed by atoms with Gasteiger partial charge >= 0.3 is 0 Å². The molecule has 0 aliphatic rings. The number of hydrogen-bond donors (Lipinski definition) is 2. The summed E-state index contributed by atoms with van der Waals surface area (Å²) in [5.74, 6) is 1.79. The maximum absolute atomic E-state index is 11.7. The Hall–Kier alpha value is -0.870. The van der Waals surface area contributed by atoms with Crippen LogP contribution in [0.2, 0.25) is 5.02 Å². The Morgan fingerprint density at radius 1 is 1.56 bits per heavy atom. The molecule has 16 heavy (non-hydrogen) atoms. The fraction of sp³-hybridized carbons (Fsp3) is 0.364. The first-order chi connectivity index (χ1) is 7.65. The number of nitrogens with one attached hydrogen (secondary N) is 1. The lowest BCUT2D eigenvalue weighted by Gasteiger charge is -2.07. The molecule has 1 rings (SSSR count). The van der Waals surface area contributed by atoms with E-state index in [1.165, 1.54) is 0 Å². The van der Waals surface area contributed by atoms with Crippen molar-refractivity contribution in [2.45, 2.75) is 6.92 Å². The zero-order chi connectivity index (χ0) is 12.0. The molecule has 3 nitrogen and oxygen atoms in total. The molecule has 0 aromatic heterocycles. The molecule has 0 saturated carbocycles. The van der Waals surface area contributed by atoms with E-state index in [0.29, 0.717) is 22.8 Å². The van der Waals surface area contributed by atoms with Gasteiger partial charge in [-0.2, -0.15) is 11.8 Å². The standard InChI is InChI=1S/C11H15ClN2OS/c1-2-16-6-5-14-11(15)9-7-8(12)3-4-10(9)13/h3-4,7H,2,5-6,13H2,1H3,(H,14,15). The van der Waals surface area contributed by atoms with Crippen molar-refractivity contribution in [3.8, 4) is 0 Å². The van der Waals surface area contributed by atoms with Gasteiger partial charge in [0.1, 0.15) is 0 Å². The third-order valence-corrected chi connectivity index (χ3v) is 3.13.